The molecule has 4 aliphatic heterocycles. The van der Waals surface area contributed by atoms with Crippen LogP contribution in [0.4, 0.5) is 19.4 Å². The van der Waals surface area contributed by atoms with Crippen LogP contribution in [0.3, 0.4) is 0 Å². The predicted octanol–water partition coefficient (Wildman–Crippen LogP) is 5.24. The lowest BCUT2D eigenvalue weighted by Gasteiger charge is -2.55. The van der Waals surface area contributed by atoms with Gasteiger partial charge in [0.2, 0.25) is 12.2 Å². The van der Waals surface area contributed by atoms with Crippen LogP contribution in [0.15, 0.2) is 24.3 Å². The molecule has 2 saturated carbocycles. The number of aromatic hydroxyl groups is 1. The van der Waals surface area contributed by atoms with E-state index in [1.165, 1.54) is 51.6 Å². The highest BCUT2D eigenvalue weighted by Gasteiger charge is 2.52. The number of likely N-dealkylation sites (tertiary alicyclic amines) is 1. The molecule has 0 spiro atoms. The van der Waals surface area contributed by atoms with E-state index in [0.717, 1.165) is 44.3 Å². The van der Waals surface area contributed by atoms with E-state index in [1.807, 2.05) is 4.90 Å². The van der Waals surface area contributed by atoms with Crippen molar-refractivity contribution in [3.63, 3.8) is 0 Å². The van der Waals surface area contributed by atoms with E-state index >= 15 is 8.78 Å². The average Bonchev–Trinajstić information content (AvgIpc) is 4.05. The molecule has 6 heterocycles. The van der Waals surface area contributed by atoms with Gasteiger partial charge in [-0.2, -0.15) is 9.97 Å². The van der Waals surface area contributed by atoms with Crippen LogP contribution in [0.5, 0.6) is 17.6 Å². The van der Waals surface area contributed by atoms with Crippen molar-refractivity contribution < 1.29 is 42.4 Å². The van der Waals surface area contributed by atoms with Crippen LogP contribution in [0.1, 0.15) is 45.1 Å². The summed E-state index contributed by atoms with van der Waals surface area (Å²) in [5.74, 6) is 1.97. The summed E-state index contributed by atoms with van der Waals surface area (Å²) in [7, 11) is 1.39. The molecule has 2 aromatic heterocycles. The van der Waals surface area contributed by atoms with E-state index < -0.39 is 30.0 Å². The van der Waals surface area contributed by atoms with Crippen LogP contribution in [0.25, 0.3) is 32.9 Å². The number of piperazine rings is 1. The minimum absolute atomic E-state index is 0.0138. The average molecular weight is 755 g/mol. The molecule has 6 aliphatic rings. The molecule has 2 aromatic carbocycles. The van der Waals surface area contributed by atoms with E-state index in [4.69, 9.17) is 30.4 Å². The maximum absolute atomic E-state index is 17.2. The number of rotatable bonds is 10. The number of carbonyl (C=O) groups excluding carboxylic acids is 2. The molecule has 1 amide bonds. The minimum atomic E-state index is -1.05. The molecule has 0 radical (unpaired) electrons. The number of pyridine rings is 1. The van der Waals surface area contributed by atoms with Crippen LogP contribution in [-0.4, -0.2) is 107 Å². The van der Waals surface area contributed by atoms with Crippen LogP contribution in [0.2, 0.25) is 0 Å². The maximum Gasteiger partial charge on any atom is 0.413 e. The number of fused-ring (bicyclic) bond motifs is 5. The van der Waals surface area contributed by atoms with E-state index in [-0.39, 0.29) is 68.2 Å². The summed E-state index contributed by atoms with van der Waals surface area (Å²) in [6.45, 7) is 6.84. The Morgan fingerprint density at radius 2 is 1.78 bits per heavy atom. The summed E-state index contributed by atoms with van der Waals surface area (Å²) < 4.78 is 54.8. The quantitative estimate of drug-likeness (QED) is 0.129. The fraction of sp³-hybridized carbons (Fsp3) is 0.475. The number of methoxy groups -OCH3 is 1. The molecular weight excluding hydrogens is 714 g/mol. The maximum atomic E-state index is 17.2. The van der Waals surface area contributed by atoms with Gasteiger partial charge < -0.3 is 33.9 Å². The van der Waals surface area contributed by atoms with E-state index in [1.54, 1.807) is 4.90 Å². The van der Waals surface area contributed by atoms with Crippen molar-refractivity contribution in [2.24, 2.45) is 17.3 Å². The Labute approximate surface area is 315 Å². The number of esters is 1. The molecule has 2 aliphatic carbocycles. The van der Waals surface area contributed by atoms with Crippen LogP contribution in [0, 0.1) is 41.2 Å². The number of phenolic OH excluding ortho intramolecular Hbond substituents is 1. The number of terminal acetylenes is 1. The SMILES string of the molecule is C#Cc1c(F)ccc2cc(O)cc(-c3nc(OC)c4c(N5CC6CC(C5)N6C(=O)OC(C)OC(C)=O)nc(OCC5(CN6CC7CC7C6)CC5)nc4c3F)c12. The normalized spacial score (nSPS) is 23.8. The second-order valence-corrected chi connectivity index (χ2v) is 15.7. The summed E-state index contributed by atoms with van der Waals surface area (Å²) >= 11 is 0. The first-order valence-corrected chi connectivity index (χ1v) is 18.6. The molecule has 15 heteroatoms. The third-order valence-corrected chi connectivity index (χ3v) is 11.7. The first kappa shape index (κ1) is 35.2. The molecule has 286 valence electrons. The lowest BCUT2D eigenvalue weighted by atomic mass is 9.88. The molecule has 2 bridgehead atoms. The smallest absolute Gasteiger partial charge is 0.413 e. The fourth-order valence-corrected chi connectivity index (χ4v) is 8.86. The Kier molecular flexibility index (Phi) is 8.37. The molecule has 5 unspecified atom stereocenters. The van der Waals surface area contributed by atoms with Gasteiger partial charge in [-0.3, -0.25) is 9.69 Å². The molecule has 6 fully saturated rings. The zero-order valence-corrected chi connectivity index (χ0v) is 30.7. The molecule has 4 saturated heterocycles. The highest BCUT2D eigenvalue weighted by molar-refractivity contribution is 6.04. The van der Waals surface area contributed by atoms with Gasteiger partial charge in [-0.05, 0) is 61.1 Å². The minimum Gasteiger partial charge on any atom is -0.508 e. The number of aromatic nitrogens is 3. The van der Waals surface area contributed by atoms with E-state index in [2.05, 4.69) is 20.8 Å². The number of hydrogen-bond acceptors (Lipinski definition) is 12. The summed E-state index contributed by atoms with van der Waals surface area (Å²) in [5.41, 5.74) is -0.497. The number of ether oxygens (including phenoxy) is 4. The van der Waals surface area contributed by atoms with Crippen molar-refractivity contribution >= 4 is 39.6 Å². The molecule has 13 nitrogen and oxygen atoms in total. The number of anilines is 1. The second-order valence-electron chi connectivity index (χ2n) is 15.7. The third kappa shape index (κ3) is 6.26. The van der Waals surface area contributed by atoms with Crippen molar-refractivity contribution in [3.05, 3.63) is 41.5 Å². The summed E-state index contributed by atoms with van der Waals surface area (Å²) in [4.78, 5) is 44.6. The number of nitrogens with zero attached hydrogens (tertiary/aromatic N) is 6. The fourth-order valence-electron chi connectivity index (χ4n) is 8.86. The highest BCUT2D eigenvalue weighted by atomic mass is 19.1. The van der Waals surface area contributed by atoms with Gasteiger partial charge >= 0.3 is 18.1 Å². The summed E-state index contributed by atoms with van der Waals surface area (Å²) in [5, 5.41) is 11.5. The lowest BCUT2D eigenvalue weighted by molar-refractivity contribution is -0.165. The van der Waals surface area contributed by atoms with Crippen LogP contribution in [-0.2, 0) is 14.3 Å². The highest BCUT2D eigenvalue weighted by Crippen LogP contribution is 2.51. The van der Waals surface area contributed by atoms with Gasteiger partial charge in [0.05, 0.1) is 31.4 Å². The molecule has 1 N–H and O–H groups in total. The topological polar surface area (TPSA) is 140 Å². The van der Waals surface area contributed by atoms with Crippen molar-refractivity contribution in [3.8, 4) is 41.2 Å². The Morgan fingerprint density at radius 3 is 2.45 bits per heavy atom. The first-order chi connectivity index (χ1) is 26.4. The Bertz CT molecular complexity index is 2290. The van der Waals surface area contributed by atoms with Crippen molar-refractivity contribution in [2.75, 3.05) is 51.3 Å². The van der Waals surface area contributed by atoms with Crippen molar-refractivity contribution in [1.82, 2.24) is 24.8 Å². The number of hydrogen-bond donors (Lipinski definition) is 1. The van der Waals surface area contributed by atoms with Gasteiger partial charge in [-0.1, -0.05) is 12.0 Å². The number of benzene rings is 2. The Balaban J connectivity index is 1.11. The summed E-state index contributed by atoms with van der Waals surface area (Å²) in [6.07, 6.45) is 8.12. The van der Waals surface area contributed by atoms with Crippen molar-refractivity contribution in [1.29, 1.82) is 0 Å². The van der Waals surface area contributed by atoms with Gasteiger partial charge in [-0.25, -0.2) is 18.6 Å². The molecule has 5 atom stereocenters. The lowest BCUT2D eigenvalue weighted by Crippen LogP contribution is -2.70. The van der Waals surface area contributed by atoms with E-state index in [0.29, 0.717) is 37.3 Å². The van der Waals surface area contributed by atoms with Gasteiger partial charge in [0.15, 0.2) is 5.82 Å². The molecule has 55 heavy (non-hydrogen) atoms. The number of halogens is 2. The second kappa shape index (κ2) is 13.1. The number of amides is 1. The number of carbonyl (C=O) groups is 2. The summed E-state index contributed by atoms with van der Waals surface area (Å²) in [6, 6.07) is 4.77. The third-order valence-electron chi connectivity index (χ3n) is 11.7. The predicted molar refractivity (Wildman–Crippen MR) is 195 cm³/mol. The molecule has 4 aromatic rings. The van der Waals surface area contributed by atoms with Gasteiger partial charge in [0, 0.05) is 62.9 Å². The van der Waals surface area contributed by atoms with Gasteiger partial charge in [0.1, 0.15) is 34.0 Å². The van der Waals surface area contributed by atoms with Crippen molar-refractivity contribution in [2.45, 2.75) is 57.9 Å². The molecule has 10 rings (SSSR count). The standard InChI is InChI=1S/C40H40F2N6O7/c1-5-28-30(41)7-6-22-11-27(50)13-29(31(22)28)34-33(42)35-32(37(43-34)52-4)36(47-16-25-12-26(17-47)48(25)39(51)55-21(3)54-20(2)49)45-38(44-35)53-19-40(8-9-40)18-46-14-23-10-24(23)15-46/h1,6-7,11,13,21,23-26,50H,8-10,12,14-19H2,2-4H3. The monoisotopic (exact) mass is 754 g/mol. The zero-order chi connectivity index (χ0) is 38.3. The number of phenols is 1. The number of piperidine rings is 2. The van der Waals surface area contributed by atoms with Crippen LogP contribution < -0.4 is 14.4 Å². The zero-order valence-electron chi connectivity index (χ0n) is 30.7. The Morgan fingerprint density at radius 1 is 1.04 bits per heavy atom. The van der Waals surface area contributed by atoms with Gasteiger partial charge in [-0.15, -0.1) is 6.42 Å². The molecular formula is C40H40F2N6O7. The van der Waals surface area contributed by atoms with E-state index in [9.17, 15) is 14.7 Å². The first-order valence-electron chi connectivity index (χ1n) is 18.6. The largest absolute Gasteiger partial charge is 0.508 e. The van der Waals surface area contributed by atoms with Crippen LogP contribution >= 0.6 is 0 Å². The Hall–Kier alpha value is -5.49. The van der Waals surface area contributed by atoms with Gasteiger partial charge in [0.25, 0.3) is 0 Å².